The van der Waals surface area contributed by atoms with Crippen molar-refractivity contribution in [2.24, 2.45) is 11.8 Å². The Morgan fingerprint density at radius 1 is 0.667 bits per heavy atom. The summed E-state index contributed by atoms with van der Waals surface area (Å²) >= 11 is 0.250. The van der Waals surface area contributed by atoms with Gasteiger partial charge in [-0.1, -0.05) is 12.1 Å². The van der Waals surface area contributed by atoms with Gasteiger partial charge in [0.25, 0.3) is 11.8 Å². The molecule has 0 spiro atoms. The van der Waals surface area contributed by atoms with Gasteiger partial charge in [0.2, 0.25) is 0 Å². The molecule has 2 N–H and O–H groups in total. The van der Waals surface area contributed by atoms with Crippen LogP contribution in [0, 0.1) is 39.5 Å². The predicted molar refractivity (Wildman–Crippen MR) is 241 cm³/mol. The number of hydrogen-bond acceptors (Lipinski definition) is 11. The SMILES string of the molecule is CSF.Cc1c(N2CCC(Oc3ccc4c(c3)CCOC4)C3CC32)nc2c(c1C)C(=O)NC2.Cc1c(N2CCC(Oc3ccc4c(c3)CCOC4)C3CC32)nc2c(c1C)C(=O)NC2. The zero-order valence-electron chi connectivity index (χ0n) is 36.9. The highest BCUT2D eigenvalue weighted by molar-refractivity contribution is 7.93. The number of benzene rings is 2. The Morgan fingerprint density at radius 3 is 1.52 bits per heavy atom. The molecule has 4 aromatic rings. The lowest BCUT2D eigenvalue weighted by Crippen LogP contribution is -2.40. The number of halogens is 1. The first-order valence-electron chi connectivity index (χ1n) is 22.6. The normalized spacial score (nSPS) is 25.6. The lowest BCUT2D eigenvalue weighted by Gasteiger charge is -2.34. The van der Waals surface area contributed by atoms with E-state index in [1.165, 1.54) is 28.5 Å². The minimum Gasteiger partial charge on any atom is -0.490 e. The zero-order valence-corrected chi connectivity index (χ0v) is 37.7. The molecule has 0 radical (unpaired) electrons. The van der Waals surface area contributed by atoms with Crippen LogP contribution in [0.1, 0.15) is 102 Å². The van der Waals surface area contributed by atoms with Crippen molar-refractivity contribution < 1.29 is 32.4 Å². The van der Waals surface area contributed by atoms with Gasteiger partial charge in [0.05, 0.1) is 62.0 Å². The van der Waals surface area contributed by atoms with Gasteiger partial charge in [-0.05, 0) is 122 Å². The van der Waals surface area contributed by atoms with Crippen molar-refractivity contribution in [3.63, 3.8) is 0 Å². The standard InChI is InChI=1S/2C24H27N3O3.CH3FS/c2*1-13-14(2)23(26-19-11-25-24(28)22(13)19)27-7-5-21(18-10-20(18)27)30-17-4-3-16-12-29-8-6-15(16)9-17;1-3-2/h2*3-4,9,18,20-21H,5-8,10-12H2,1-2H3,(H,25,28);1H3. The maximum Gasteiger partial charge on any atom is 0.253 e. The second kappa shape index (κ2) is 17.2. The van der Waals surface area contributed by atoms with Crippen molar-refractivity contribution in [2.75, 3.05) is 42.4 Å². The van der Waals surface area contributed by atoms with Gasteiger partial charge in [-0.2, -0.15) is 3.89 Å². The fourth-order valence-corrected chi connectivity index (χ4v) is 10.8. The maximum absolute atomic E-state index is 12.1. The summed E-state index contributed by atoms with van der Waals surface area (Å²) in [5, 5.41) is 5.83. The second-order valence-corrected chi connectivity index (χ2v) is 18.5. The number of hydrogen-bond donors (Lipinski definition) is 2. The molecule has 332 valence electrons. The van der Waals surface area contributed by atoms with Gasteiger partial charge in [0.15, 0.2) is 0 Å². The average Bonchev–Trinajstić information content (AvgIpc) is 4.21. The third-order valence-electron chi connectivity index (χ3n) is 14.6. The molecule has 2 aliphatic carbocycles. The Morgan fingerprint density at radius 2 is 1.10 bits per heavy atom. The molecule has 12 nitrogen and oxygen atoms in total. The number of ether oxygens (including phenoxy) is 4. The summed E-state index contributed by atoms with van der Waals surface area (Å²) in [5.74, 6) is 5.22. The molecule has 8 heterocycles. The summed E-state index contributed by atoms with van der Waals surface area (Å²) in [4.78, 5) is 39.0. The fourth-order valence-electron chi connectivity index (χ4n) is 10.8. The predicted octanol–water partition coefficient (Wildman–Crippen LogP) is 7.36. The number of nitrogens with one attached hydrogen (secondary N) is 2. The first kappa shape index (κ1) is 42.1. The van der Waals surface area contributed by atoms with Crippen molar-refractivity contribution in [1.82, 2.24) is 20.6 Å². The molecule has 0 bridgehead atoms. The van der Waals surface area contributed by atoms with Crippen LogP contribution >= 0.6 is 12.1 Å². The number of anilines is 2. The smallest absolute Gasteiger partial charge is 0.253 e. The van der Waals surface area contributed by atoms with E-state index in [0.717, 1.165) is 133 Å². The van der Waals surface area contributed by atoms with Crippen molar-refractivity contribution in [3.8, 4) is 11.5 Å². The van der Waals surface area contributed by atoms with E-state index in [1.54, 1.807) is 0 Å². The molecule has 12 rings (SSSR count). The lowest BCUT2D eigenvalue weighted by molar-refractivity contribution is 0.0957. The van der Waals surface area contributed by atoms with E-state index in [4.69, 9.17) is 28.9 Å². The van der Waals surface area contributed by atoms with Crippen LogP contribution in [-0.2, 0) is 48.6 Å². The summed E-state index contributed by atoms with van der Waals surface area (Å²) in [6, 6.07) is 13.9. The Kier molecular flexibility index (Phi) is 11.5. The number of fused-ring (bicyclic) bond motifs is 6. The van der Waals surface area contributed by atoms with Crippen LogP contribution in [0.15, 0.2) is 36.4 Å². The molecule has 63 heavy (non-hydrogen) atoms. The van der Waals surface area contributed by atoms with E-state index in [0.29, 0.717) is 50.2 Å². The number of piperidine rings is 2. The molecule has 6 atom stereocenters. The van der Waals surface area contributed by atoms with Gasteiger partial charge < -0.3 is 39.4 Å². The molecule has 2 aromatic carbocycles. The third-order valence-corrected chi connectivity index (χ3v) is 14.6. The largest absolute Gasteiger partial charge is 0.490 e. The monoisotopic (exact) mass is 876 g/mol. The van der Waals surface area contributed by atoms with Gasteiger partial charge in [0.1, 0.15) is 35.3 Å². The highest BCUT2D eigenvalue weighted by Crippen LogP contribution is 2.49. The van der Waals surface area contributed by atoms with Gasteiger partial charge >= 0.3 is 0 Å². The maximum atomic E-state index is 12.1. The van der Waals surface area contributed by atoms with E-state index in [-0.39, 0.29) is 36.2 Å². The van der Waals surface area contributed by atoms with E-state index < -0.39 is 0 Å². The van der Waals surface area contributed by atoms with Crippen LogP contribution in [0.5, 0.6) is 11.5 Å². The van der Waals surface area contributed by atoms with Crippen molar-refractivity contribution in [2.45, 2.75) is 117 Å². The molecular formula is C49H57FN6O6S. The van der Waals surface area contributed by atoms with Crippen LogP contribution in [0.25, 0.3) is 0 Å². The van der Waals surface area contributed by atoms with E-state index in [1.807, 2.05) is 13.8 Å². The van der Waals surface area contributed by atoms with Gasteiger partial charge in [-0.15, -0.1) is 0 Å². The molecule has 6 unspecified atom stereocenters. The molecule has 4 fully saturated rings. The van der Waals surface area contributed by atoms with Crippen molar-refractivity contribution >= 4 is 35.6 Å². The fraction of sp³-hybridized carbons (Fsp3) is 0.510. The third kappa shape index (κ3) is 8.01. The Balaban J connectivity index is 0.000000141. The first-order chi connectivity index (χ1) is 30.6. The lowest BCUT2D eigenvalue weighted by atomic mass is 10.0. The first-order valence-corrected chi connectivity index (χ1v) is 23.7. The van der Waals surface area contributed by atoms with Crippen molar-refractivity contribution in [3.05, 3.63) is 103 Å². The van der Waals surface area contributed by atoms with Gasteiger partial charge in [-0.25, -0.2) is 9.97 Å². The second-order valence-electron chi connectivity index (χ2n) is 18.2. The topological polar surface area (TPSA) is 127 Å². The van der Waals surface area contributed by atoms with E-state index >= 15 is 0 Å². The van der Waals surface area contributed by atoms with E-state index in [9.17, 15) is 13.5 Å². The number of amides is 2. The number of nitrogens with zero attached hydrogens (tertiary/aromatic N) is 4. The van der Waals surface area contributed by atoms with Crippen LogP contribution in [0.4, 0.5) is 15.5 Å². The summed E-state index contributed by atoms with van der Waals surface area (Å²) < 4.78 is 34.2. The number of rotatable bonds is 6. The molecule has 8 aliphatic rings. The number of aromatic nitrogens is 2. The minimum absolute atomic E-state index is 0.0117. The van der Waals surface area contributed by atoms with Crippen LogP contribution < -0.4 is 29.9 Å². The molecule has 6 aliphatic heterocycles. The average molecular weight is 877 g/mol. The molecule has 2 aromatic heterocycles. The Hall–Kier alpha value is -4.92. The quantitative estimate of drug-likeness (QED) is 0.202. The Labute approximate surface area is 373 Å². The van der Waals surface area contributed by atoms with Crippen LogP contribution in [0.3, 0.4) is 0 Å². The van der Waals surface area contributed by atoms with Crippen LogP contribution in [0.2, 0.25) is 0 Å². The van der Waals surface area contributed by atoms with Crippen LogP contribution in [-0.4, -0.2) is 78.6 Å². The highest BCUT2D eigenvalue weighted by Gasteiger charge is 2.53. The van der Waals surface area contributed by atoms with Crippen molar-refractivity contribution in [1.29, 1.82) is 0 Å². The summed E-state index contributed by atoms with van der Waals surface area (Å²) in [7, 11) is 0. The van der Waals surface area contributed by atoms with Gasteiger partial charge in [-0.3, -0.25) is 9.59 Å². The molecule has 14 heteroatoms. The number of pyridine rings is 2. The number of carbonyl (C=O) groups is 2. The summed E-state index contributed by atoms with van der Waals surface area (Å²) in [6.07, 6.45) is 8.14. The number of carbonyl (C=O) groups excluding carboxylic acids is 2. The zero-order chi connectivity index (χ0) is 43.5. The Bertz CT molecular complexity index is 2300. The molecule has 2 saturated carbocycles. The van der Waals surface area contributed by atoms with E-state index in [2.05, 4.69) is 70.7 Å². The van der Waals surface area contributed by atoms with Gasteiger partial charge in [0, 0.05) is 68.3 Å². The molecule has 2 amide bonds. The molecule has 2 saturated heterocycles. The summed E-state index contributed by atoms with van der Waals surface area (Å²) in [6.45, 7) is 14.3. The highest BCUT2D eigenvalue weighted by atomic mass is 32.2. The molecular weight excluding hydrogens is 820 g/mol. The summed E-state index contributed by atoms with van der Waals surface area (Å²) in [5.41, 5.74) is 13.0. The minimum atomic E-state index is 0.0117.